The van der Waals surface area contributed by atoms with Crippen molar-refractivity contribution in [3.8, 4) is 11.1 Å². The van der Waals surface area contributed by atoms with Gasteiger partial charge in [-0.1, -0.05) is 82.7 Å². The van der Waals surface area contributed by atoms with Gasteiger partial charge in [0.2, 0.25) is 0 Å². The highest BCUT2D eigenvalue weighted by Gasteiger charge is 2.33. The van der Waals surface area contributed by atoms with Gasteiger partial charge in [0.1, 0.15) is 0 Å². The second kappa shape index (κ2) is 8.28. The summed E-state index contributed by atoms with van der Waals surface area (Å²) in [7, 11) is 0. The molecule has 2 aliphatic carbocycles. The molecule has 7 rings (SSSR count). The van der Waals surface area contributed by atoms with E-state index in [4.69, 9.17) is 0 Å². The minimum absolute atomic E-state index is 1.01. The molecule has 1 aliphatic heterocycles. The molecule has 0 spiro atoms. The van der Waals surface area contributed by atoms with Crippen molar-refractivity contribution >= 4 is 49.5 Å². The van der Waals surface area contributed by atoms with Crippen molar-refractivity contribution < 1.29 is 0 Å². The Morgan fingerprint density at radius 1 is 0.800 bits per heavy atom. The molecule has 0 unspecified atom stereocenters. The maximum absolute atomic E-state index is 3.72. The van der Waals surface area contributed by atoms with Crippen molar-refractivity contribution in [2.24, 2.45) is 0 Å². The SMILES string of the molecule is Brc1cccc(N2C3=C(C=CCC3)c3c(c4ccccc4n3C3=CC=CCC3)-c3ccccc32)c1. The molecule has 0 saturated carbocycles. The lowest BCUT2D eigenvalue weighted by molar-refractivity contribution is 0.916. The first-order chi connectivity index (χ1) is 17.3. The number of fused-ring (bicyclic) bond motifs is 6. The largest absolute Gasteiger partial charge is 0.313 e. The molecule has 0 amide bonds. The summed E-state index contributed by atoms with van der Waals surface area (Å²) in [6.45, 7) is 0. The van der Waals surface area contributed by atoms with Crippen LogP contribution in [0.1, 0.15) is 31.4 Å². The second-order valence-corrected chi connectivity index (χ2v) is 10.3. The van der Waals surface area contributed by atoms with E-state index in [0.717, 1.165) is 30.2 Å². The maximum Gasteiger partial charge on any atom is 0.0634 e. The zero-order valence-corrected chi connectivity index (χ0v) is 21.0. The first-order valence-corrected chi connectivity index (χ1v) is 13.2. The van der Waals surface area contributed by atoms with Crippen LogP contribution in [0.2, 0.25) is 0 Å². The molecule has 0 atom stereocenters. The Bertz CT molecular complexity index is 1610. The number of anilines is 2. The summed E-state index contributed by atoms with van der Waals surface area (Å²) in [5, 5.41) is 1.31. The van der Waals surface area contributed by atoms with Crippen LogP contribution in [0.25, 0.3) is 33.3 Å². The summed E-state index contributed by atoms with van der Waals surface area (Å²) < 4.78 is 3.64. The summed E-state index contributed by atoms with van der Waals surface area (Å²) in [6, 6.07) is 26.5. The van der Waals surface area contributed by atoms with Gasteiger partial charge >= 0.3 is 0 Å². The molecule has 0 bridgehead atoms. The molecule has 0 N–H and O–H groups in total. The smallest absolute Gasteiger partial charge is 0.0634 e. The molecule has 2 heterocycles. The molecule has 2 nitrogen and oxygen atoms in total. The molecular formula is C32H25BrN2. The van der Waals surface area contributed by atoms with Crippen molar-refractivity contribution in [3.05, 3.63) is 119 Å². The second-order valence-electron chi connectivity index (χ2n) is 9.33. The van der Waals surface area contributed by atoms with Gasteiger partial charge in [-0.3, -0.25) is 0 Å². The highest BCUT2D eigenvalue weighted by Crippen LogP contribution is 2.52. The van der Waals surface area contributed by atoms with Crippen molar-refractivity contribution in [1.29, 1.82) is 0 Å². The van der Waals surface area contributed by atoms with E-state index in [9.17, 15) is 0 Å². The average molecular weight is 517 g/mol. The van der Waals surface area contributed by atoms with Crippen LogP contribution in [-0.2, 0) is 0 Å². The summed E-state index contributed by atoms with van der Waals surface area (Å²) in [5.74, 6) is 0. The minimum atomic E-state index is 1.01. The third kappa shape index (κ3) is 3.22. The Labute approximate surface area is 214 Å². The highest BCUT2D eigenvalue weighted by atomic mass is 79.9. The van der Waals surface area contributed by atoms with Gasteiger partial charge in [0, 0.05) is 43.6 Å². The number of rotatable bonds is 2. The predicted molar refractivity (Wildman–Crippen MR) is 152 cm³/mol. The lowest BCUT2D eigenvalue weighted by Gasteiger charge is -2.31. The normalized spacial score (nSPS) is 16.6. The molecule has 0 saturated heterocycles. The van der Waals surface area contributed by atoms with Gasteiger partial charge < -0.3 is 9.47 Å². The lowest BCUT2D eigenvalue weighted by Crippen LogP contribution is -2.19. The van der Waals surface area contributed by atoms with E-state index < -0.39 is 0 Å². The van der Waals surface area contributed by atoms with Gasteiger partial charge in [-0.15, -0.1) is 0 Å². The van der Waals surface area contributed by atoms with Crippen LogP contribution in [0.3, 0.4) is 0 Å². The Morgan fingerprint density at radius 3 is 2.54 bits per heavy atom. The van der Waals surface area contributed by atoms with E-state index in [-0.39, 0.29) is 0 Å². The fourth-order valence-electron chi connectivity index (χ4n) is 5.88. The van der Waals surface area contributed by atoms with Crippen molar-refractivity contribution in [2.75, 3.05) is 4.90 Å². The topological polar surface area (TPSA) is 8.17 Å². The lowest BCUT2D eigenvalue weighted by atomic mass is 9.95. The molecule has 170 valence electrons. The monoisotopic (exact) mass is 516 g/mol. The number of nitrogens with zero attached hydrogens (tertiary/aromatic N) is 2. The van der Waals surface area contributed by atoms with Gasteiger partial charge in [0.15, 0.2) is 0 Å². The van der Waals surface area contributed by atoms with Gasteiger partial charge in [-0.25, -0.2) is 0 Å². The van der Waals surface area contributed by atoms with Crippen LogP contribution in [0.4, 0.5) is 11.4 Å². The van der Waals surface area contributed by atoms with Gasteiger partial charge in [-0.2, -0.15) is 0 Å². The molecule has 0 fully saturated rings. The molecule has 3 aromatic carbocycles. The molecule has 3 aliphatic rings. The molecule has 1 aromatic heterocycles. The van der Waals surface area contributed by atoms with Crippen LogP contribution in [0.15, 0.2) is 113 Å². The van der Waals surface area contributed by atoms with Gasteiger partial charge in [0.05, 0.1) is 16.9 Å². The third-order valence-corrected chi connectivity index (χ3v) is 7.80. The van der Waals surface area contributed by atoms with Gasteiger partial charge in [0.25, 0.3) is 0 Å². The van der Waals surface area contributed by atoms with Crippen LogP contribution < -0.4 is 4.90 Å². The Kier molecular flexibility index (Phi) is 4.92. The average Bonchev–Trinajstić information content (AvgIpc) is 3.19. The van der Waals surface area contributed by atoms with Crippen LogP contribution in [-0.4, -0.2) is 4.57 Å². The molecule has 4 aromatic rings. The summed E-state index contributed by atoms with van der Waals surface area (Å²) in [5.41, 5.74) is 11.7. The fourth-order valence-corrected chi connectivity index (χ4v) is 6.26. The van der Waals surface area contributed by atoms with Crippen LogP contribution in [0.5, 0.6) is 0 Å². The number of hydrogen-bond acceptors (Lipinski definition) is 1. The van der Waals surface area contributed by atoms with E-state index in [2.05, 4.69) is 129 Å². The highest BCUT2D eigenvalue weighted by molar-refractivity contribution is 9.10. The Morgan fingerprint density at radius 2 is 1.66 bits per heavy atom. The summed E-state index contributed by atoms with van der Waals surface area (Å²) in [6.07, 6.45) is 15.7. The van der Waals surface area contributed by atoms with Crippen molar-refractivity contribution in [2.45, 2.75) is 25.7 Å². The number of allylic oxidation sites excluding steroid dienone is 8. The minimum Gasteiger partial charge on any atom is -0.313 e. The molecule has 3 heteroatoms. The predicted octanol–water partition coefficient (Wildman–Crippen LogP) is 9.47. The van der Waals surface area contributed by atoms with E-state index in [1.54, 1.807) is 0 Å². The quantitative estimate of drug-likeness (QED) is 0.257. The van der Waals surface area contributed by atoms with E-state index in [1.807, 2.05) is 0 Å². The number of hydrogen-bond donors (Lipinski definition) is 0. The van der Waals surface area contributed by atoms with E-state index in [0.29, 0.717) is 0 Å². The molecule has 35 heavy (non-hydrogen) atoms. The van der Waals surface area contributed by atoms with Gasteiger partial charge in [-0.05, 0) is 62.1 Å². The van der Waals surface area contributed by atoms with Crippen LogP contribution >= 0.6 is 15.9 Å². The number of halogens is 1. The molecule has 0 radical (unpaired) electrons. The first-order valence-electron chi connectivity index (χ1n) is 12.4. The summed E-state index contributed by atoms with van der Waals surface area (Å²) >= 11 is 3.72. The fraction of sp³-hybridized carbons (Fsp3) is 0.125. The summed E-state index contributed by atoms with van der Waals surface area (Å²) in [4.78, 5) is 2.49. The zero-order chi connectivity index (χ0) is 23.4. The Balaban J connectivity index is 1.65. The zero-order valence-electron chi connectivity index (χ0n) is 19.4. The van der Waals surface area contributed by atoms with Crippen LogP contribution in [0, 0.1) is 0 Å². The van der Waals surface area contributed by atoms with E-state index in [1.165, 1.54) is 56.1 Å². The number of aromatic nitrogens is 1. The Hall–Kier alpha value is -3.56. The van der Waals surface area contributed by atoms with E-state index >= 15 is 0 Å². The van der Waals surface area contributed by atoms with Crippen molar-refractivity contribution in [3.63, 3.8) is 0 Å². The number of para-hydroxylation sites is 2. The molecular weight excluding hydrogens is 492 g/mol. The third-order valence-electron chi connectivity index (χ3n) is 7.30. The standard InChI is InChI=1S/C32H25BrN2/c33-22-11-10-14-24(21-22)34-28-18-7-4-15-25(28)31-26-16-5-8-19-29(26)35(23-12-2-1-3-13-23)32(31)27-17-6-9-20-30(27)34/h1-2,4-8,10-12,14-19,21H,3,9,13,20H2. The maximum atomic E-state index is 3.72. The number of benzene rings is 3. The first kappa shape index (κ1) is 20.8. The van der Waals surface area contributed by atoms with Crippen molar-refractivity contribution in [1.82, 2.24) is 4.57 Å².